The van der Waals surface area contributed by atoms with E-state index in [2.05, 4.69) is 40.4 Å². The topological polar surface area (TPSA) is 86.6 Å². The number of rotatable bonds is 9. The molecule has 8 heteroatoms. The van der Waals surface area contributed by atoms with Crippen LogP contribution in [0.1, 0.15) is 36.8 Å². The van der Waals surface area contributed by atoms with E-state index in [9.17, 15) is 13.2 Å². The van der Waals surface area contributed by atoms with E-state index in [4.69, 9.17) is 4.74 Å². The van der Waals surface area contributed by atoms with Crippen LogP contribution in [0.4, 0.5) is 4.79 Å². The highest BCUT2D eigenvalue weighted by Gasteiger charge is 2.22. The maximum Gasteiger partial charge on any atom is 0.513 e. The van der Waals surface area contributed by atoms with Crippen molar-refractivity contribution in [3.63, 3.8) is 0 Å². The Labute approximate surface area is 229 Å². The molecule has 0 amide bonds. The molecule has 0 saturated heterocycles. The van der Waals surface area contributed by atoms with Gasteiger partial charge in [0.15, 0.2) is 0 Å². The first-order valence-corrected chi connectivity index (χ1v) is 14.6. The molecule has 0 radical (unpaired) electrons. The smallest absolute Gasteiger partial charge is 0.437 e. The van der Waals surface area contributed by atoms with Crippen LogP contribution in [0.15, 0.2) is 96.0 Å². The number of methoxy groups -OCH3 is 1. The van der Waals surface area contributed by atoms with Crippen molar-refractivity contribution in [2.24, 2.45) is 0 Å². The number of nitrogens with one attached hydrogen (secondary N) is 1. The quantitative estimate of drug-likeness (QED) is 0.154. The molecule has 4 aromatic rings. The molecule has 0 bridgehead atoms. The standard InChI is InChI=1S/C31H32N2O5S/c1-37-31(34)38-27-16-17-30-29(21-27)25(22-33(30)39(35,36)28-14-6-3-7-15-28)12-8-9-13-26-20-24(18-19-32-26)23-10-4-2-5-11-23/h2-7,10-11,14-18,21-22,26,32H,8-9,12-13,19-20H2,1H3. The van der Waals surface area contributed by atoms with Gasteiger partial charge in [0.05, 0.1) is 17.5 Å². The van der Waals surface area contributed by atoms with Crippen LogP contribution in [0.2, 0.25) is 0 Å². The van der Waals surface area contributed by atoms with Crippen LogP contribution < -0.4 is 10.1 Å². The lowest BCUT2D eigenvalue weighted by atomic mass is 9.92. The molecule has 0 saturated carbocycles. The van der Waals surface area contributed by atoms with Crippen molar-refractivity contribution >= 4 is 32.7 Å². The molecule has 2 heterocycles. The van der Waals surface area contributed by atoms with Crippen LogP contribution in [0.25, 0.3) is 16.5 Å². The minimum absolute atomic E-state index is 0.217. The number of unbranched alkanes of at least 4 members (excludes halogenated alkanes) is 1. The lowest BCUT2D eigenvalue weighted by Crippen LogP contribution is -2.32. The second-order valence-electron chi connectivity index (χ2n) is 9.65. The molecule has 1 unspecified atom stereocenters. The Balaban J connectivity index is 1.33. The molecule has 1 aliphatic heterocycles. The van der Waals surface area contributed by atoms with Gasteiger partial charge in [-0.25, -0.2) is 17.2 Å². The van der Waals surface area contributed by atoms with Gasteiger partial charge in [0, 0.05) is 24.2 Å². The van der Waals surface area contributed by atoms with Crippen molar-refractivity contribution in [3.8, 4) is 5.75 Å². The van der Waals surface area contributed by atoms with E-state index >= 15 is 0 Å². The van der Waals surface area contributed by atoms with Crippen LogP contribution in [0.3, 0.4) is 0 Å². The van der Waals surface area contributed by atoms with Crippen molar-refractivity contribution < 1.29 is 22.7 Å². The Hall–Kier alpha value is -3.88. The fourth-order valence-corrected chi connectivity index (χ4v) is 6.53. The summed E-state index contributed by atoms with van der Waals surface area (Å²) in [6.07, 6.45) is 7.76. The van der Waals surface area contributed by atoms with E-state index in [-0.39, 0.29) is 4.90 Å². The predicted octanol–water partition coefficient (Wildman–Crippen LogP) is 6.18. The van der Waals surface area contributed by atoms with Gasteiger partial charge in [-0.3, -0.25) is 0 Å². The van der Waals surface area contributed by atoms with Crippen molar-refractivity contribution in [2.75, 3.05) is 13.7 Å². The number of benzene rings is 3. The maximum atomic E-state index is 13.5. The molecular formula is C31H32N2O5S. The van der Waals surface area contributed by atoms with E-state index in [1.54, 1.807) is 54.7 Å². The number of carbonyl (C=O) groups is 1. The molecule has 1 aliphatic rings. The highest BCUT2D eigenvalue weighted by atomic mass is 32.2. The fraction of sp³-hybridized carbons (Fsp3) is 0.258. The van der Waals surface area contributed by atoms with Crippen LogP contribution >= 0.6 is 0 Å². The Morgan fingerprint density at radius 1 is 1.00 bits per heavy atom. The van der Waals surface area contributed by atoms with E-state index < -0.39 is 16.2 Å². The number of hydrogen-bond donors (Lipinski definition) is 1. The molecule has 0 aliphatic carbocycles. The lowest BCUT2D eigenvalue weighted by Gasteiger charge is -2.24. The van der Waals surface area contributed by atoms with E-state index in [1.165, 1.54) is 22.2 Å². The lowest BCUT2D eigenvalue weighted by molar-refractivity contribution is 0.121. The van der Waals surface area contributed by atoms with Gasteiger partial charge in [0.2, 0.25) is 0 Å². The molecule has 1 N–H and O–H groups in total. The molecule has 3 aromatic carbocycles. The molecule has 5 rings (SSSR count). The highest BCUT2D eigenvalue weighted by molar-refractivity contribution is 7.90. The Morgan fingerprint density at radius 3 is 2.49 bits per heavy atom. The summed E-state index contributed by atoms with van der Waals surface area (Å²) in [4.78, 5) is 11.9. The van der Waals surface area contributed by atoms with Crippen molar-refractivity contribution in [3.05, 3.63) is 102 Å². The minimum Gasteiger partial charge on any atom is -0.437 e. The van der Waals surface area contributed by atoms with Crippen LogP contribution in [0.5, 0.6) is 5.75 Å². The van der Waals surface area contributed by atoms with Gasteiger partial charge in [-0.05, 0) is 72.7 Å². The van der Waals surface area contributed by atoms with Gasteiger partial charge in [0.25, 0.3) is 10.0 Å². The van der Waals surface area contributed by atoms with Gasteiger partial charge in [0.1, 0.15) is 5.75 Å². The number of fused-ring (bicyclic) bond motifs is 1. The van der Waals surface area contributed by atoms with Crippen molar-refractivity contribution in [1.82, 2.24) is 9.29 Å². The maximum absolute atomic E-state index is 13.5. The fourth-order valence-electron chi connectivity index (χ4n) is 5.12. The van der Waals surface area contributed by atoms with E-state index in [0.717, 1.165) is 43.2 Å². The zero-order valence-corrected chi connectivity index (χ0v) is 22.7. The molecule has 1 atom stereocenters. The molecule has 39 heavy (non-hydrogen) atoms. The normalized spacial score (nSPS) is 15.6. The zero-order chi connectivity index (χ0) is 27.2. The molecule has 202 valence electrons. The summed E-state index contributed by atoms with van der Waals surface area (Å²) in [6.45, 7) is 0.864. The summed E-state index contributed by atoms with van der Waals surface area (Å²) in [5.74, 6) is 0.303. The minimum atomic E-state index is -3.80. The SMILES string of the molecule is COC(=O)Oc1ccc2c(c1)c(CCCCC1CC(c3ccccc3)=CCN1)cn2S(=O)(=O)c1ccccc1. The first kappa shape index (κ1) is 26.7. The van der Waals surface area contributed by atoms with E-state index in [0.29, 0.717) is 23.7 Å². The number of hydrogen-bond acceptors (Lipinski definition) is 6. The largest absolute Gasteiger partial charge is 0.513 e. The summed E-state index contributed by atoms with van der Waals surface area (Å²) in [5, 5.41) is 4.34. The first-order valence-electron chi connectivity index (χ1n) is 13.1. The summed E-state index contributed by atoms with van der Waals surface area (Å²) >= 11 is 0. The average molecular weight is 545 g/mol. The Morgan fingerprint density at radius 2 is 1.74 bits per heavy atom. The van der Waals surface area contributed by atoms with Crippen molar-refractivity contribution in [2.45, 2.75) is 43.0 Å². The second kappa shape index (κ2) is 11.9. The average Bonchev–Trinajstić information content (AvgIpc) is 3.35. The monoisotopic (exact) mass is 544 g/mol. The summed E-state index contributed by atoms with van der Waals surface area (Å²) in [6, 6.07) is 24.2. The zero-order valence-electron chi connectivity index (χ0n) is 21.9. The van der Waals surface area contributed by atoms with Gasteiger partial charge in [-0.1, -0.05) is 61.0 Å². The molecule has 0 spiro atoms. The van der Waals surface area contributed by atoms with Crippen LogP contribution in [0, 0.1) is 0 Å². The number of carbonyl (C=O) groups excluding carboxylic acids is 1. The Kier molecular flexibility index (Phi) is 8.14. The number of aromatic nitrogens is 1. The summed E-state index contributed by atoms with van der Waals surface area (Å²) in [7, 11) is -2.55. The molecule has 0 fully saturated rings. The van der Waals surface area contributed by atoms with Gasteiger partial charge in [-0.15, -0.1) is 0 Å². The Bertz CT molecular complexity index is 1580. The molecule has 1 aromatic heterocycles. The summed E-state index contributed by atoms with van der Waals surface area (Å²) in [5.41, 5.74) is 4.09. The third-order valence-corrected chi connectivity index (χ3v) is 8.79. The predicted molar refractivity (Wildman–Crippen MR) is 152 cm³/mol. The van der Waals surface area contributed by atoms with Crippen molar-refractivity contribution in [1.29, 1.82) is 0 Å². The number of nitrogens with zero attached hydrogens (tertiary/aromatic N) is 1. The molecular weight excluding hydrogens is 512 g/mol. The number of aryl methyl sites for hydroxylation is 1. The third kappa shape index (κ3) is 6.08. The second-order valence-corrected chi connectivity index (χ2v) is 11.5. The first-order chi connectivity index (χ1) is 19.0. The third-order valence-electron chi connectivity index (χ3n) is 7.11. The van der Waals surface area contributed by atoms with Crippen LogP contribution in [-0.4, -0.2) is 38.2 Å². The molecule has 7 nitrogen and oxygen atoms in total. The van der Waals surface area contributed by atoms with E-state index in [1.807, 2.05) is 6.07 Å². The summed E-state index contributed by atoms with van der Waals surface area (Å²) < 4.78 is 38.2. The van der Waals surface area contributed by atoms with Crippen LogP contribution in [-0.2, 0) is 21.2 Å². The highest BCUT2D eigenvalue weighted by Crippen LogP contribution is 2.31. The van der Waals surface area contributed by atoms with Gasteiger partial charge < -0.3 is 14.8 Å². The number of ether oxygens (including phenoxy) is 2. The van der Waals surface area contributed by atoms with Gasteiger partial charge in [-0.2, -0.15) is 0 Å². The van der Waals surface area contributed by atoms with Gasteiger partial charge >= 0.3 is 6.16 Å².